The van der Waals surface area contributed by atoms with Gasteiger partial charge in [-0.15, -0.1) is 0 Å². The molecule has 0 radical (unpaired) electrons. The van der Waals surface area contributed by atoms with Crippen molar-refractivity contribution in [3.05, 3.63) is 90.8 Å². The molecule has 26 heavy (non-hydrogen) atoms. The van der Waals surface area contributed by atoms with Gasteiger partial charge >= 0.3 is 0 Å². The fraction of sp³-hybridized carbons (Fsp3) is 0.0417. The number of aryl methyl sites for hydroxylation is 1. The lowest BCUT2D eigenvalue weighted by Gasteiger charge is -2.07. The molecule has 0 saturated carbocycles. The molecule has 0 spiro atoms. The van der Waals surface area contributed by atoms with Crippen LogP contribution >= 0.6 is 0 Å². The molecule has 2 heteroatoms. The van der Waals surface area contributed by atoms with E-state index < -0.39 is 0 Å². The van der Waals surface area contributed by atoms with Crippen LogP contribution in [0.25, 0.3) is 44.2 Å². The molecule has 0 aliphatic heterocycles. The lowest BCUT2D eigenvalue weighted by atomic mass is 9.98. The molecular formula is C24H17NO. The molecule has 0 saturated heterocycles. The molecule has 0 N–H and O–H groups in total. The van der Waals surface area contributed by atoms with Crippen molar-refractivity contribution in [2.45, 2.75) is 6.92 Å². The van der Waals surface area contributed by atoms with Crippen molar-refractivity contribution >= 4 is 21.9 Å². The zero-order valence-electron chi connectivity index (χ0n) is 14.4. The first-order chi connectivity index (χ1) is 12.8. The van der Waals surface area contributed by atoms with Crippen LogP contribution in [0.4, 0.5) is 0 Å². The van der Waals surface area contributed by atoms with Crippen LogP contribution in [-0.2, 0) is 0 Å². The van der Waals surface area contributed by atoms with E-state index in [2.05, 4.69) is 65.6 Å². The number of pyridine rings is 1. The highest BCUT2D eigenvalue weighted by molar-refractivity contribution is 6.06. The summed E-state index contributed by atoms with van der Waals surface area (Å²) in [6.07, 6.45) is 1.83. The lowest BCUT2D eigenvalue weighted by molar-refractivity contribution is 0.669. The van der Waals surface area contributed by atoms with Gasteiger partial charge in [0.05, 0.1) is 0 Å². The second kappa shape index (κ2) is 5.85. The smallest absolute Gasteiger partial charge is 0.135 e. The van der Waals surface area contributed by atoms with Crippen LogP contribution < -0.4 is 0 Å². The van der Waals surface area contributed by atoms with E-state index in [0.717, 1.165) is 27.6 Å². The van der Waals surface area contributed by atoms with E-state index in [1.165, 1.54) is 22.3 Å². The Morgan fingerprint density at radius 2 is 1.38 bits per heavy atom. The topological polar surface area (TPSA) is 26.0 Å². The van der Waals surface area contributed by atoms with Crippen LogP contribution in [0.5, 0.6) is 0 Å². The van der Waals surface area contributed by atoms with E-state index in [9.17, 15) is 0 Å². The maximum absolute atomic E-state index is 5.93. The Bertz CT molecular complexity index is 1230. The van der Waals surface area contributed by atoms with Crippen LogP contribution in [0, 0.1) is 6.92 Å². The molecular weight excluding hydrogens is 318 g/mol. The van der Waals surface area contributed by atoms with Crippen LogP contribution in [0.1, 0.15) is 5.69 Å². The third-order valence-corrected chi connectivity index (χ3v) is 4.91. The Kier molecular flexibility index (Phi) is 3.36. The zero-order chi connectivity index (χ0) is 17.5. The Morgan fingerprint density at radius 1 is 0.654 bits per heavy atom. The molecule has 5 aromatic rings. The highest BCUT2D eigenvalue weighted by Gasteiger charge is 2.08. The first-order valence-corrected chi connectivity index (χ1v) is 8.73. The van der Waals surface area contributed by atoms with Gasteiger partial charge in [-0.1, -0.05) is 54.6 Å². The van der Waals surface area contributed by atoms with Gasteiger partial charge in [-0.3, -0.25) is 4.98 Å². The van der Waals surface area contributed by atoms with Crippen molar-refractivity contribution in [3.63, 3.8) is 0 Å². The summed E-state index contributed by atoms with van der Waals surface area (Å²) in [6.45, 7) is 2.04. The van der Waals surface area contributed by atoms with Gasteiger partial charge in [0.15, 0.2) is 0 Å². The minimum Gasteiger partial charge on any atom is -0.456 e. The molecule has 0 bridgehead atoms. The number of fused-ring (bicyclic) bond motifs is 3. The highest BCUT2D eigenvalue weighted by atomic mass is 16.3. The van der Waals surface area contributed by atoms with Crippen LogP contribution in [0.2, 0.25) is 0 Å². The van der Waals surface area contributed by atoms with Crippen LogP contribution in [0.15, 0.2) is 89.5 Å². The van der Waals surface area contributed by atoms with Gasteiger partial charge in [-0.2, -0.15) is 0 Å². The van der Waals surface area contributed by atoms with E-state index in [-0.39, 0.29) is 0 Å². The van der Waals surface area contributed by atoms with Crippen molar-refractivity contribution in [1.29, 1.82) is 0 Å². The number of nitrogens with zero attached hydrogens (tertiary/aromatic N) is 1. The van der Waals surface area contributed by atoms with Gasteiger partial charge in [0.2, 0.25) is 0 Å². The molecule has 2 aromatic heterocycles. The van der Waals surface area contributed by atoms with Crippen molar-refractivity contribution < 1.29 is 4.42 Å². The number of benzene rings is 3. The molecule has 0 aliphatic carbocycles. The highest BCUT2D eigenvalue weighted by Crippen LogP contribution is 2.33. The summed E-state index contributed by atoms with van der Waals surface area (Å²) in [7, 11) is 0. The van der Waals surface area contributed by atoms with Crippen molar-refractivity contribution in [3.8, 4) is 22.3 Å². The Labute approximate surface area is 151 Å². The van der Waals surface area contributed by atoms with E-state index in [0.29, 0.717) is 0 Å². The van der Waals surface area contributed by atoms with Crippen LogP contribution in [0.3, 0.4) is 0 Å². The standard InChI is InChI=1S/C24H17NO/c1-16-20(6-4-14-25-16)18-10-8-17(9-11-18)19-12-13-24-22(15-19)21-5-2-3-7-23(21)26-24/h2-15H,1H3. The molecule has 0 aliphatic rings. The molecule has 5 rings (SSSR count). The largest absolute Gasteiger partial charge is 0.456 e. The SMILES string of the molecule is Cc1ncccc1-c1ccc(-c2ccc3oc4ccccc4c3c2)cc1. The fourth-order valence-electron chi connectivity index (χ4n) is 3.54. The quantitative estimate of drug-likeness (QED) is 0.362. The summed E-state index contributed by atoms with van der Waals surface area (Å²) >= 11 is 0. The van der Waals surface area contributed by atoms with Crippen LogP contribution in [-0.4, -0.2) is 4.98 Å². The third kappa shape index (κ3) is 2.39. The number of hydrogen-bond acceptors (Lipinski definition) is 2. The molecule has 0 amide bonds. The van der Waals surface area contributed by atoms with Gasteiger partial charge in [0.1, 0.15) is 11.2 Å². The predicted molar refractivity (Wildman–Crippen MR) is 107 cm³/mol. The first kappa shape index (κ1) is 14.9. The van der Waals surface area contributed by atoms with Gasteiger partial charge in [0, 0.05) is 28.2 Å². The Hall–Kier alpha value is -3.39. The minimum absolute atomic E-state index is 0.928. The van der Waals surface area contributed by atoms with Crippen molar-refractivity contribution in [2.75, 3.05) is 0 Å². The molecule has 124 valence electrons. The number of aromatic nitrogens is 1. The van der Waals surface area contributed by atoms with E-state index in [4.69, 9.17) is 4.42 Å². The molecule has 0 fully saturated rings. The molecule has 0 atom stereocenters. The zero-order valence-corrected chi connectivity index (χ0v) is 14.4. The summed E-state index contributed by atoms with van der Waals surface area (Å²) in [5, 5.41) is 2.32. The monoisotopic (exact) mass is 335 g/mol. The van der Waals surface area contributed by atoms with E-state index >= 15 is 0 Å². The molecule has 0 unspecified atom stereocenters. The minimum atomic E-state index is 0.928. The predicted octanol–water partition coefficient (Wildman–Crippen LogP) is 6.62. The summed E-state index contributed by atoms with van der Waals surface area (Å²) in [5.74, 6) is 0. The van der Waals surface area contributed by atoms with Gasteiger partial charge in [-0.25, -0.2) is 0 Å². The van der Waals surface area contributed by atoms with Crippen molar-refractivity contribution in [2.24, 2.45) is 0 Å². The number of para-hydroxylation sites is 1. The average Bonchev–Trinajstić information content (AvgIpc) is 3.06. The third-order valence-electron chi connectivity index (χ3n) is 4.91. The molecule has 3 aromatic carbocycles. The fourth-order valence-corrected chi connectivity index (χ4v) is 3.54. The van der Waals surface area contributed by atoms with E-state index in [1.54, 1.807) is 0 Å². The van der Waals surface area contributed by atoms with Crippen molar-refractivity contribution in [1.82, 2.24) is 4.98 Å². The number of hydrogen-bond donors (Lipinski definition) is 0. The second-order valence-corrected chi connectivity index (χ2v) is 6.52. The van der Waals surface area contributed by atoms with Gasteiger partial charge in [-0.05, 0) is 47.9 Å². The van der Waals surface area contributed by atoms with Gasteiger partial charge in [0.25, 0.3) is 0 Å². The number of furan rings is 1. The summed E-state index contributed by atoms with van der Waals surface area (Å²) in [6, 6.07) is 27.3. The lowest BCUT2D eigenvalue weighted by Crippen LogP contribution is -1.86. The first-order valence-electron chi connectivity index (χ1n) is 8.73. The second-order valence-electron chi connectivity index (χ2n) is 6.52. The summed E-state index contributed by atoms with van der Waals surface area (Å²) < 4.78 is 5.93. The maximum atomic E-state index is 5.93. The maximum Gasteiger partial charge on any atom is 0.135 e. The summed E-state index contributed by atoms with van der Waals surface area (Å²) in [4.78, 5) is 4.38. The Balaban J connectivity index is 1.59. The van der Waals surface area contributed by atoms with Gasteiger partial charge < -0.3 is 4.42 Å². The van der Waals surface area contributed by atoms with E-state index in [1.807, 2.05) is 31.3 Å². The Morgan fingerprint density at radius 3 is 2.23 bits per heavy atom. The molecule has 2 nitrogen and oxygen atoms in total. The summed E-state index contributed by atoms with van der Waals surface area (Å²) in [5.41, 5.74) is 7.66. The number of rotatable bonds is 2. The average molecular weight is 335 g/mol. The molecule has 2 heterocycles. The normalized spacial score (nSPS) is 11.3.